The number of amides is 2. The first-order chi connectivity index (χ1) is 24.9. The molecule has 3 atom stereocenters. The molecule has 13 nitrogen and oxygen atoms in total. The number of anilines is 2. The van der Waals surface area contributed by atoms with Crippen LogP contribution in [0.15, 0.2) is 12.1 Å². The molecule has 3 fully saturated rings. The van der Waals surface area contributed by atoms with Crippen molar-refractivity contribution in [2.75, 3.05) is 36.5 Å². The quantitative estimate of drug-likeness (QED) is 0.212. The lowest BCUT2D eigenvalue weighted by molar-refractivity contribution is 0.0636. The van der Waals surface area contributed by atoms with Crippen LogP contribution in [-0.2, 0) is 27.4 Å². The molecular formula is C36H36F2N6O7S. The lowest BCUT2D eigenvalue weighted by Crippen LogP contribution is -2.55. The second-order valence-electron chi connectivity index (χ2n) is 14.5. The fourth-order valence-electron chi connectivity index (χ4n) is 7.85. The Morgan fingerprint density at radius 2 is 1.85 bits per heavy atom. The Labute approximate surface area is 301 Å². The third-order valence-corrected chi connectivity index (χ3v) is 11.0. The first-order valence-corrected chi connectivity index (χ1v) is 18.0. The van der Waals surface area contributed by atoms with Gasteiger partial charge in [-0.25, -0.2) is 18.4 Å². The SMILES string of the molecule is CC(C)(C)OC(=O)Nc1sc2ccc(F)c(-c3c4c(c5c(N6C7CCC6CN(C(=O)O)C7)nc(OC[C@H]6CCCO6)nc5c3F)COC4)c2c1C#N. The molecular weight excluding hydrogens is 698 g/mol. The predicted molar refractivity (Wildman–Crippen MR) is 187 cm³/mol. The number of halogens is 2. The second-order valence-corrected chi connectivity index (χ2v) is 15.5. The lowest BCUT2D eigenvalue weighted by Gasteiger charge is -2.41. The number of hydrogen-bond donors (Lipinski definition) is 2. The molecule has 52 heavy (non-hydrogen) atoms. The van der Waals surface area contributed by atoms with Crippen molar-refractivity contribution in [3.05, 3.63) is 40.5 Å². The number of carboxylic acid groups (broad SMARTS) is 1. The average molecular weight is 735 g/mol. The first kappa shape index (κ1) is 34.2. The van der Waals surface area contributed by atoms with Gasteiger partial charge in [-0.05, 0) is 69.7 Å². The molecule has 16 heteroatoms. The van der Waals surface area contributed by atoms with Gasteiger partial charge < -0.3 is 33.9 Å². The lowest BCUT2D eigenvalue weighted by atomic mass is 9.90. The Bertz CT molecular complexity index is 2160. The van der Waals surface area contributed by atoms with Crippen LogP contribution in [0.4, 0.5) is 29.2 Å². The maximum Gasteiger partial charge on any atom is 0.412 e. The minimum Gasteiger partial charge on any atom is -0.465 e. The number of piperazine rings is 1. The van der Waals surface area contributed by atoms with E-state index in [0.29, 0.717) is 46.5 Å². The number of ether oxygens (including phenoxy) is 4. The number of thiophene rings is 1. The summed E-state index contributed by atoms with van der Waals surface area (Å²) in [7, 11) is 0. The standard InChI is InChI=1S/C36H36F2N6O7S/c1-36(2,3)51-34(45)42-32-20(11-39)25-24(52-32)9-8-23(37)28(25)26-21-15-48-16-22(21)27-30(29(26)38)40-33(50-14-19-5-4-10-49-19)41-31(27)44-17-6-7-18(44)13-43(12-17)35(46)47/h8-9,17-19H,4-7,10,12-16H2,1-3H3,(H,42,45)(H,46,47)/t17?,18?,19-/m1/s1. The molecule has 0 radical (unpaired) electrons. The van der Waals surface area contributed by atoms with Gasteiger partial charge in [0.15, 0.2) is 5.82 Å². The van der Waals surface area contributed by atoms with Crippen molar-refractivity contribution in [3.8, 4) is 23.2 Å². The van der Waals surface area contributed by atoms with Crippen molar-refractivity contribution in [1.29, 1.82) is 5.26 Å². The molecule has 2 N–H and O–H groups in total. The van der Waals surface area contributed by atoms with Crippen LogP contribution in [0, 0.1) is 23.0 Å². The number of hydrogen-bond acceptors (Lipinski definition) is 11. The highest BCUT2D eigenvalue weighted by Crippen LogP contribution is 2.49. The molecule has 2 unspecified atom stereocenters. The maximum absolute atomic E-state index is 17.5. The van der Waals surface area contributed by atoms with E-state index in [2.05, 4.69) is 21.3 Å². The van der Waals surface area contributed by atoms with E-state index in [9.17, 15) is 20.0 Å². The molecule has 0 spiro atoms. The highest BCUT2D eigenvalue weighted by Gasteiger charge is 2.44. The molecule has 0 saturated carbocycles. The Hall–Kier alpha value is -4.85. The predicted octanol–water partition coefficient (Wildman–Crippen LogP) is 6.93. The van der Waals surface area contributed by atoms with Crippen molar-refractivity contribution in [3.63, 3.8) is 0 Å². The fraction of sp³-hybridized carbons (Fsp3) is 0.472. The molecule has 3 saturated heterocycles. The van der Waals surface area contributed by atoms with Gasteiger partial charge in [0.1, 0.15) is 40.4 Å². The van der Waals surface area contributed by atoms with E-state index >= 15 is 8.78 Å². The minimum absolute atomic E-state index is 0.0376. The number of nitriles is 1. The summed E-state index contributed by atoms with van der Waals surface area (Å²) in [4.78, 5) is 37.6. The van der Waals surface area contributed by atoms with Crippen molar-refractivity contribution >= 4 is 55.3 Å². The van der Waals surface area contributed by atoms with E-state index in [4.69, 9.17) is 23.9 Å². The first-order valence-electron chi connectivity index (χ1n) is 17.2. The minimum atomic E-state index is -1.000. The van der Waals surface area contributed by atoms with Crippen molar-refractivity contribution < 1.29 is 42.4 Å². The summed E-state index contributed by atoms with van der Waals surface area (Å²) in [5, 5.41) is 23.4. The summed E-state index contributed by atoms with van der Waals surface area (Å²) in [6.07, 6.45) is 1.15. The number of carbonyl (C=O) groups excluding carboxylic acids is 1. The molecule has 0 aliphatic carbocycles. The van der Waals surface area contributed by atoms with Gasteiger partial charge in [0.25, 0.3) is 0 Å². The van der Waals surface area contributed by atoms with Crippen molar-refractivity contribution in [2.45, 2.75) is 83.5 Å². The molecule has 2 bridgehead atoms. The molecule has 272 valence electrons. The topological polar surface area (TPSA) is 159 Å². The van der Waals surface area contributed by atoms with Gasteiger partial charge in [0, 0.05) is 53.0 Å². The number of benzene rings is 2. The smallest absolute Gasteiger partial charge is 0.412 e. The van der Waals surface area contributed by atoms with Gasteiger partial charge in [-0.2, -0.15) is 15.2 Å². The summed E-state index contributed by atoms with van der Waals surface area (Å²) >= 11 is 1.05. The molecule has 6 heterocycles. The number of fused-ring (bicyclic) bond motifs is 6. The Kier molecular flexibility index (Phi) is 8.55. The summed E-state index contributed by atoms with van der Waals surface area (Å²) in [6, 6.07) is 4.27. The molecule has 8 rings (SSSR count). The Morgan fingerprint density at radius 1 is 1.10 bits per heavy atom. The summed E-state index contributed by atoms with van der Waals surface area (Å²) in [5.74, 6) is -1.21. The van der Waals surface area contributed by atoms with Gasteiger partial charge in [-0.3, -0.25) is 5.32 Å². The number of nitrogens with one attached hydrogen (secondary N) is 1. The Balaban J connectivity index is 1.33. The summed E-state index contributed by atoms with van der Waals surface area (Å²) in [6.45, 7) is 6.40. The van der Waals surface area contributed by atoms with Crippen LogP contribution in [-0.4, -0.2) is 82.3 Å². The van der Waals surface area contributed by atoms with E-state index in [1.54, 1.807) is 20.8 Å². The van der Waals surface area contributed by atoms with Crippen LogP contribution in [0.5, 0.6) is 6.01 Å². The monoisotopic (exact) mass is 734 g/mol. The van der Waals surface area contributed by atoms with E-state index in [1.807, 2.05) is 0 Å². The molecule has 2 amide bonds. The zero-order valence-electron chi connectivity index (χ0n) is 28.8. The van der Waals surface area contributed by atoms with Gasteiger partial charge in [-0.15, -0.1) is 11.3 Å². The van der Waals surface area contributed by atoms with Crippen molar-refractivity contribution in [1.82, 2.24) is 14.9 Å². The molecule has 4 aliphatic heterocycles. The Morgan fingerprint density at radius 3 is 2.52 bits per heavy atom. The average Bonchev–Trinajstić information content (AvgIpc) is 3.89. The number of aromatic nitrogens is 2. The summed E-state index contributed by atoms with van der Waals surface area (Å²) in [5.41, 5.74) is -0.244. The van der Waals surface area contributed by atoms with Gasteiger partial charge >= 0.3 is 18.2 Å². The normalized spacial score (nSPS) is 21.1. The zero-order chi connectivity index (χ0) is 36.5. The van der Waals surface area contributed by atoms with E-state index < -0.39 is 29.4 Å². The van der Waals surface area contributed by atoms with E-state index in [0.717, 1.165) is 24.2 Å². The van der Waals surface area contributed by atoms with Crippen LogP contribution >= 0.6 is 11.3 Å². The highest BCUT2D eigenvalue weighted by atomic mass is 32.1. The van der Waals surface area contributed by atoms with Crippen molar-refractivity contribution in [2.24, 2.45) is 0 Å². The van der Waals surface area contributed by atoms with E-state index in [1.165, 1.54) is 17.0 Å². The van der Waals surface area contributed by atoms with Crippen LogP contribution < -0.4 is 15.0 Å². The third-order valence-electron chi connectivity index (χ3n) is 9.96. The third kappa shape index (κ3) is 5.90. The molecule has 2 aromatic carbocycles. The number of likely N-dealkylation sites (tertiary alicyclic amines) is 1. The van der Waals surface area contributed by atoms with Crippen LogP contribution in [0.2, 0.25) is 0 Å². The highest BCUT2D eigenvalue weighted by molar-refractivity contribution is 7.23. The molecule has 4 aromatic rings. The van der Waals surface area contributed by atoms with Gasteiger partial charge in [0.2, 0.25) is 0 Å². The number of rotatable bonds is 6. The van der Waals surface area contributed by atoms with Crippen LogP contribution in [0.25, 0.3) is 32.1 Å². The molecule has 2 aromatic heterocycles. The van der Waals surface area contributed by atoms with E-state index in [-0.39, 0.29) is 89.7 Å². The summed E-state index contributed by atoms with van der Waals surface area (Å²) < 4.78 is 57.4. The fourth-order valence-corrected chi connectivity index (χ4v) is 8.90. The maximum atomic E-state index is 17.5. The number of carbonyl (C=O) groups is 2. The zero-order valence-corrected chi connectivity index (χ0v) is 29.6. The largest absolute Gasteiger partial charge is 0.465 e. The number of nitrogens with zero attached hydrogens (tertiary/aromatic N) is 5. The van der Waals surface area contributed by atoms with Gasteiger partial charge in [-0.1, -0.05) is 0 Å². The molecule has 4 aliphatic rings. The second kappa shape index (κ2) is 13.0. The van der Waals surface area contributed by atoms with Crippen LogP contribution in [0.3, 0.4) is 0 Å². The van der Waals surface area contributed by atoms with Gasteiger partial charge in [0.05, 0.1) is 30.3 Å². The van der Waals surface area contributed by atoms with Crippen LogP contribution in [0.1, 0.15) is 63.1 Å².